The van der Waals surface area contributed by atoms with E-state index in [2.05, 4.69) is 0 Å². The second kappa shape index (κ2) is 5.56. The second-order valence-electron chi connectivity index (χ2n) is 4.97. The summed E-state index contributed by atoms with van der Waals surface area (Å²) in [6, 6.07) is 5.00. The van der Waals surface area contributed by atoms with E-state index in [1.54, 1.807) is 0 Å². The van der Waals surface area contributed by atoms with Crippen molar-refractivity contribution in [3.05, 3.63) is 30.1 Å². The van der Waals surface area contributed by atoms with E-state index in [-0.39, 0.29) is 17.0 Å². The van der Waals surface area contributed by atoms with E-state index in [0.717, 1.165) is 31.7 Å². The first-order valence-electron chi connectivity index (χ1n) is 6.42. The molecule has 1 aromatic carbocycles. The molecule has 106 valence electrons. The molecule has 2 rings (SSSR count). The molecule has 2 atom stereocenters. The van der Waals surface area contributed by atoms with Crippen LogP contribution in [0, 0.1) is 5.82 Å². The summed E-state index contributed by atoms with van der Waals surface area (Å²) >= 11 is 0. The van der Waals surface area contributed by atoms with Crippen molar-refractivity contribution < 1.29 is 12.8 Å². The number of hydrogen-bond donors (Lipinski definition) is 1. The minimum absolute atomic E-state index is 0.180. The van der Waals surface area contributed by atoms with Crippen LogP contribution in [0.1, 0.15) is 25.7 Å². The molecule has 0 spiro atoms. The van der Waals surface area contributed by atoms with Gasteiger partial charge in [-0.2, -0.15) is 4.31 Å². The van der Waals surface area contributed by atoms with E-state index in [1.807, 2.05) is 0 Å². The fraction of sp³-hybridized carbons (Fsp3) is 0.538. The van der Waals surface area contributed by atoms with Crippen molar-refractivity contribution in [1.29, 1.82) is 0 Å². The summed E-state index contributed by atoms with van der Waals surface area (Å²) in [5.41, 5.74) is 5.99. The van der Waals surface area contributed by atoms with E-state index in [0.29, 0.717) is 0 Å². The summed E-state index contributed by atoms with van der Waals surface area (Å²) in [6.07, 6.45) is 3.51. The van der Waals surface area contributed by atoms with E-state index in [9.17, 15) is 12.8 Å². The van der Waals surface area contributed by atoms with Gasteiger partial charge in [-0.05, 0) is 25.0 Å². The van der Waals surface area contributed by atoms with Gasteiger partial charge >= 0.3 is 0 Å². The number of nitrogens with two attached hydrogens (primary N) is 1. The normalized spacial score (nSPS) is 24.6. The Hall–Kier alpha value is -0.980. The zero-order chi connectivity index (χ0) is 14.0. The van der Waals surface area contributed by atoms with Crippen molar-refractivity contribution in [3.63, 3.8) is 0 Å². The highest BCUT2D eigenvalue weighted by atomic mass is 32.2. The Kier molecular flexibility index (Phi) is 4.23. The maximum Gasteiger partial charge on any atom is 0.246 e. The van der Waals surface area contributed by atoms with Crippen molar-refractivity contribution >= 4 is 10.0 Å². The molecule has 0 heterocycles. The van der Waals surface area contributed by atoms with Crippen LogP contribution in [0.4, 0.5) is 4.39 Å². The minimum atomic E-state index is -3.82. The van der Waals surface area contributed by atoms with Gasteiger partial charge in [0.1, 0.15) is 10.7 Å². The number of halogens is 1. The lowest BCUT2D eigenvalue weighted by molar-refractivity contribution is 0.251. The lowest BCUT2D eigenvalue weighted by Gasteiger charge is -2.35. The summed E-state index contributed by atoms with van der Waals surface area (Å²) < 4.78 is 39.8. The highest BCUT2D eigenvalue weighted by Crippen LogP contribution is 2.26. The van der Waals surface area contributed by atoms with Gasteiger partial charge in [0.25, 0.3) is 0 Å². The maximum atomic E-state index is 13.7. The molecule has 6 heteroatoms. The molecule has 1 aliphatic rings. The Labute approximate surface area is 113 Å². The van der Waals surface area contributed by atoms with Gasteiger partial charge in [-0.15, -0.1) is 0 Å². The Bertz CT molecular complexity index is 547. The van der Waals surface area contributed by atoms with Crippen LogP contribution in [-0.2, 0) is 10.0 Å². The highest BCUT2D eigenvalue weighted by Gasteiger charge is 2.34. The molecule has 1 aliphatic carbocycles. The van der Waals surface area contributed by atoms with Crippen molar-refractivity contribution in [2.75, 3.05) is 7.05 Å². The molecule has 2 unspecified atom stereocenters. The SMILES string of the molecule is CN(C1CCCCC1N)S(=O)(=O)c1ccccc1F. The molecular weight excluding hydrogens is 267 g/mol. The molecule has 1 saturated carbocycles. The van der Waals surface area contributed by atoms with Crippen LogP contribution < -0.4 is 5.73 Å². The van der Waals surface area contributed by atoms with Crippen LogP contribution in [0.5, 0.6) is 0 Å². The van der Waals surface area contributed by atoms with Gasteiger partial charge in [-0.3, -0.25) is 0 Å². The first-order valence-corrected chi connectivity index (χ1v) is 7.87. The van der Waals surface area contributed by atoms with Gasteiger partial charge in [0.15, 0.2) is 0 Å². The number of likely N-dealkylation sites (N-methyl/N-ethyl adjacent to an activating group) is 1. The monoisotopic (exact) mass is 286 g/mol. The maximum absolute atomic E-state index is 13.7. The summed E-state index contributed by atoms with van der Waals surface area (Å²) in [5.74, 6) is -0.723. The molecule has 0 radical (unpaired) electrons. The summed E-state index contributed by atoms with van der Waals surface area (Å²) in [4.78, 5) is -0.282. The van der Waals surface area contributed by atoms with Crippen molar-refractivity contribution in [2.45, 2.75) is 42.7 Å². The van der Waals surface area contributed by atoms with Gasteiger partial charge in [-0.25, -0.2) is 12.8 Å². The number of rotatable bonds is 3. The Morgan fingerprint density at radius 1 is 1.26 bits per heavy atom. The van der Waals surface area contributed by atoms with Crippen LogP contribution in [0.2, 0.25) is 0 Å². The van der Waals surface area contributed by atoms with E-state index in [1.165, 1.54) is 29.6 Å². The van der Waals surface area contributed by atoms with E-state index < -0.39 is 15.8 Å². The fourth-order valence-corrected chi connectivity index (χ4v) is 4.07. The van der Waals surface area contributed by atoms with Crippen molar-refractivity contribution in [3.8, 4) is 0 Å². The number of hydrogen-bond acceptors (Lipinski definition) is 3. The standard InChI is InChI=1S/C13H19FN2O2S/c1-16(12-8-4-3-7-11(12)15)19(17,18)13-9-5-2-6-10(13)14/h2,5-6,9,11-12H,3-4,7-8,15H2,1H3. The van der Waals surface area contributed by atoms with Crippen LogP contribution in [-0.4, -0.2) is 31.9 Å². The molecular formula is C13H19FN2O2S. The first-order chi connectivity index (χ1) is 8.94. The van der Waals surface area contributed by atoms with Crippen molar-refractivity contribution in [1.82, 2.24) is 4.31 Å². The molecule has 1 aromatic rings. The highest BCUT2D eigenvalue weighted by molar-refractivity contribution is 7.89. The average Bonchev–Trinajstić information content (AvgIpc) is 2.39. The third-order valence-corrected chi connectivity index (χ3v) is 5.66. The Morgan fingerprint density at radius 3 is 2.53 bits per heavy atom. The predicted molar refractivity (Wildman–Crippen MR) is 71.6 cm³/mol. The minimum Gasteiger partial charge on any atom is -0.326 e. The first kappa shape index (κ1) is 14.4. The molecule has 0 aliphatic heterocycles. The molecule has 0 saturated heterocycles. The van der Waals surface area contributed by atoms with Gasteiger partial charge in [0.05, 0.1) is 0 Å². The molecule has 0 aromatic heterocycles. The van der Waals surface area contributed by atoms with Crippen molar-refractivity contribution in [2.24, 2.45) is 5.73 Å². The van der Waals surface area contributed by atoms with E-state index in [4.69, 9.17) is 5.73 Å². The van der Waals surface area contributed by atoms with Crippen LogP contribution in [0.3, 0.4) is 0 Å². The van der Waals surface area contributed by atoms with Crippen LogP contribution in [0.15, 0.2) is 29.2 Å². The number of nitrogens with zero attached hydrogens (tertiary/aromatic N) is 1. The lowest BCUT2D eigenvalue weighted by Crippen LogP contribution is -2.50. The third kappa shape index (κ3) is 2.80. The molecule has 0 bridgehead atoms. The topological polar surface area (TPSA) is 63.4 Å². The smallest absolute Gasteiger partial charge is 0.246 e. The molecule has 4 nitrogen and oxygen atoms in total. The van der Waals surface area contributed by atoms with E-state index >= 15 is 0 Å². The number of benzene rings is 1. The fourth-order valence-electron chi connectivity index (χ4n) is 2.58. The summed E-state index contributed by atoms with van der Waals surface area (Å²) in [6.45, 7) is 0. The summed E-state index contributed by atoms with van der Waals surface area (Å²) in [7, 11) is -2.34. The van der Waals surface area contributed by atoms with Crippen LogP contribution >= 0.6 is 0 Å². The lowest BCUT2D eigenvalue weighted by atomic mass is 9.91. The summed E-state index contributed by atoms with van der Waals surface area (Å²) in [5, 5.41) is 0. The Morgan fingerprint density at radius 2 is 1.89 bits per heavy atom. The average molecular weight is 286 g/mol. The third-order valence-electron chi connectivity index (χ3n) is 3.74. The van der Waals surface area contributed by atoms with Crippen LogP contribution in [0.25, 0.3) is 0 Å². The van der Waals surface area contributed by atoms with Gasteiger partial charge in [0, 0.05) is 19.1 Å². The second-order valence-corrected chi connectivity index (χ2v) is 6.93. The quantitative estimate of drug-likeness (QED) is 0.920. The molecule has 2 N–H and O–H groups in total. The van der Waals surface area contributed by atoms with Gasteiger partial charge < -0.3 is 5.73 Å². The predicted octanol–water partition coefficient (Wildman–Crippen LogP) is 1.72. The zero-order valence-electron chi connectivity index (χ0n) is 10.9. The van der Waals surface area contributed by atoms with Gasteiger partial charge in [-0.1, -0.05) is 25.0 Å². The zero-order valence-corrected chi connectivity index (χ0v) is 11.7. The van der Waals surface area contributed by atoms with Gasteiger partial charge in [0.2, 0.25) is 10.0 Å². The largest absolute Gasteiger partial charge is 0.326 e. The molecule has 19 heavy (non-hydrogen) atoms. The number of sulfonamides is 1. The molecule has 1 fully saturated rings. The molecule has 0 amide bonds. The Balaban J connectivity index is 2.31.